The summed E-state index contributed by atoms with van der Waals surface area (Å²) < 4.78 is 29.4. The molecular formula is C28H30N2O7S. The van der Waals surface area contributed by atoms with E-state index in [1.807, 2.05) is 13.0 Å². The molecule has 0 bridgehead atoms. The molecule has 3 aromatic rings. The van der Waals surface area contributed by atoms with Gasteiger partial charge in [-0.15, -0.1) is 0 Å². The van der Waals surface area contributed by atoms with Crippen LogP contribution in [-0.2, 0) is 9.53 Å². The topological polar surface area (TPSA) is 97.6 Å². The van der Waals surface area contributed by atoms with Crippen molar-refractivity contribution < 1.29 is 28.5 Å². The van der Waals surface area contributed by atoms with Crippen LogP contribution in [0.3, 0.4) is 0 Å². The van der Waals surface area contributed by atoms with Crippen LogP contribution in [0, 0.1) is 0 Å². The SMILES string of the molecule is CCOC(=O)C1=C(C)N=c2sc(=Cc3cc(OC)ccc3OC)c(=O)n2[C@@H]1c1ccc(OC)c(OCC)c1. The Kier molecular flexibility index (Phi) is 8.21. The summed E-state index contributed by atoms with van der Waals surface area (Å²) in [7, 11) is 4.70. The van der Waals surface area contributed by atoms with Gasteiger partial charge in [0.15, 0.2) is 16.3 Å². The van der Waals surface area contributed by atoms with Crippen LogP contribution in [0.15, 0.2) is 57.5 Å². The number of methoxy groups -OCH3 is 3. The highest BCUT2D eigenvalue weighted by Gasteiger charge is 2.34. The smallest absolute Gasteiger partial charge is 0.338 e. The van der Waals surface area contributed by atoms with Crippen LogP contribution in [0.4, 0.5) is 0 Å². The van der Waals surface area contributed by atoms with E-state index in [0.717, 1.165) is 0 Å². The quantitative estimate of drug-likeness (QED) is 0.386. The van der Waals surface area contributed by atoms with Gasteiger partial charge in [-0.25, -0.2) is 9.79 Å². The van der Waals surface area contributed by atoms with Crippen molar-refractivity contribution >= 4 is 23.4 Å². The van der Waals surface area contributed by atoms with E-state index < -0.39 is 12.0 Å². The van der Waals surface area contributed by atoms with Crippen LogP contribution in [0.5, 0.6) is 23.0 Å². The van der Waals surface area contributed by atoms with Crippen molar-refractivity contribution in [1.29, 1.82) is 0 Å². The lowest BCUT2D eigenvalue weighted by Gasteiger charge is -2.25. The van der Waals surface area contributed by atoms with Crippen molar-refractivity contribution in [1.82, 2.24) is 4.57 Å². The maximum absolute atomic E-state index is 13.9. The summed E-state index contributed by atoms with van der Waals surface area (Å²) in [5.74, 6) is 1.74. The summed E-state index contributed by atoms with van der Waals surface area (Å²) in [5.41, 5.74) is 1.81. The average molecular weight is 539 g/mol. The fraction of sp³-hybridized carbons (Fsp3) is 0.321. The first-order valence-corrected chi connectivity index (χ1v) is 12.9. The number of carbonyl (C=O) groups excluding carboxylic acids is 1. The Hall–Kier alpha value is -4.05. The Bertz CT molecular complexity index is 1570. The first-order valence-electron chi connectivity index (χ1n) is 12.1. The maximum Gasteiger partial charge on any atom is 0.338 e. The van der Waals surface area contributed by atoms with Crippen molar-refractivity contribution in [3.63, 3.8) is 0 Å². The normalized spacial score (nSPS) is 15.0. The standard InChI is InChI=1S/C28H30N2O7S/c1-7-36-22-14-17(9-11-21(22)35-6)25-24(27(32)37-8-2)16(3)29-28-30(25)26(31)23(38-28)15-18-13-19(33-4)10-12-20(18)34-5/h9-15,25H,7-8H2,1-6H3/t25-/m1/s1. The molecule has 0 aliphatic carbocycles. The molecule has 0 spiro atoms. The predicted molar refractivity (Wildman–Crippen MR) is 144 cm³/mol. The molecule has 38 heavy (non-hydrogen) atoms. The van der Waals surface area contributed by atoms with E-state index in [1.54, 1.807) is 71.6 Å². The van der Waals surface area contributed by atoms with Crippen molar-refractivity contribution in [2.75, 3.05) is 34.5 Å². The average Bonchev–Trinajstić information content (AvgIpc) is 3.22. The van der Waals surface area contributed by atoms with Crippen molar-refractivity contribution in [2.45, 2.75) is 26.8 Å². The van der Waals surface area contributed by atoms with E-state index in [1.165, 1.54) is 15.9 Å². The first-order chi connectivity index (χ1) is 18.4. The van der Waals surface area contributed by atoms with Crippen molar-refractivity contribution in [2.24, 2.45) is 4.99 Å². The molecule has 4 rings (SSSR count). The summed E-state index contributed by atoms with van der Waals surface area (Å²) in [6, 6.07) is 9.94. The third-order valence-corrected chi connectivity index (χ3v) is 7.03. The molecule has 0 N–H and O–H groups in total. The second-order valence-corrected chi connectivity index (χ2v) is 9.26. The van der Waals surface area contributed by atoms with E-state index in [0.29, 0.717) is 55.8 Å². The molecular weight excluding hydrogens is 508 g/mol. The Morgan fingerprint density at radius 1 is 1.00 bits per heavy atom. The Balaban J connectivity index is 1.98. The third-order valence-electron chi connectivity index (χ3n) is 6.04. The minimum atomic E-state index is -0.773. The van der Waals surface area contributed by atoms with Crippen molar-refractivity contribution in [3.05, 3.63) is 78.5 Å². The summed E-state index contributed by atoms with van der Waals surface area (Å²) in [6.45, 7) is 5.96. The Morgan fingerprint density at radius 2 is 1.74 bits per heavy atom. The Morgan fingerprint density at radius 3 is 2.39 bits per heavy atom. The molecule has 10 heteroatoms. The molecule has 200 valence electrons. The number of allylic oxidation sites excluding steroid dienone is 1. The minimum absolute atomic E-state index is 0.190. The minimum Gasteiger partial charge on any atom is -0.497 e. The molecule has 9 nitrogen and oxygen atoms in total. The number of esters is 1. The first kappa shape index (κ1) is 27.0. The highest BCUT2D eigenvalue weighted by atomic mass is 32.1. The maximum atomic E-state index is 13.9. The summed E-state index contributed by atoms with van der Waals surface area (Å²) in [5, 5.41) is 0. The zero-order valence-electron chi connectivity index (χ0n) is 22.2. The predicted octanol–water partition coefficient (Wildman–Crippen LogP) is 3.22. The fourth-order valence-corrected chi connectivity index (χ4v) is 5.37. The molecule has 0 saturated carbocycles. The lowest BCUT2D eigenvalue weighted by molar-refractivity contribution is -0.139. The van der Waals surface area contributed by atoms with E-state index in [4.69, 9.17) is 23.7 Å². The molecule has 1 aliphatic rings. The van der Waals surface area contributed by atoms with Gasteiger partial charge in [0.25, 0.3) is 5.56 Å². The van der Waals surface area contributed by atoms with Crippen LogP contribution >= 0.6 is 11.3 Å². The molecule has 0 saturated heterocycles. The monoisotopic (exact) mass is 538 g/mol. The zero-order chi connectivity index (χ0) is 27.4. The van der Waals surface area contributed by atoms with E-state index in [2.05, 4.69) is 4.99 Å². The second kappa shape index (κ2) is 11.6. The highest BCUT2D eigenvalue weighted by molar-refractivity contribution is 7.07. The fourth-order valence-electron chi connectivity index (χ4n) is 4.33. The zero-order valence-corrected chi connectivity index (χ0v) is 23.0. The number of carbonyl (C=O) groups is 1. The molecule has 0 fully saturated rings. The van der Waals surface area contributed by atoms with Crippen molar-refractivity contribution in [3.8, 4) is 23.0 Å². The highest BCUT2D eigenvalue weighted by Crippen LogP contribution is 2.36. The van der Waals surface area contributed by atoms with E-state index in [-0.39, 0.29) is 17.7 Å². The molecule has 1 atom stereocenters. The number of benzene rings is 2. The number of hydrogen-bond donors (Lipinski definition) is 0. The van der Waals surface area contributed by atoms with Crippen LogP contribution in [0.2, 0.25) is 0 Å². The van der Waals surface area contributed by atoms with Gasteiger partial charge in [-0.1, -0.05) is 17.4 Å². The molecule has 0 unspecified atom stereocenters. The van der Waals surface area contributed by atoms with E-state index >= 15 is 0 Å². The number of aromatic nitrogens is 1. The number of fused-ring (bicyclic) bond motifs is 1. The summed E-state index contributed by atoms with van der Waals surface area (Å²) in [6.07, 6.45) is 1.74. The molecule has 2 heterocycles. The van der Waals surface area contributed by atoms with Gasteiger partial charge in [0.05, 0.1) is 56.4 Å². The van der Waals surface area contributed by atoms with Gasteiger partial charge in [0, 0.05) is 5.56 Å². The van der Waals surface area contributed by atoms with Crippen LogP contribution in [-0.4, -0.2) is 45.1 Å². The van der Waals surface area contributed by atoms with Gasteiger partial charge in [-0.3, -0.25) is 9.36 Å². The van der Waals surface area contributed by atoms with Gasteiger partial charge in [0.1, 0.15) is 11.5 Å². The van der Waals surface area contributed by atoms with Gasteiger partial charge in [-0.05, 0) is 62.7 Å². The number of ether oxygens (including phenoxy) is 5. The lowest BCUT2D eigenvalue weighted by atomic mass is 9.95. The summed E-state index contributed by atoms with van der Waals surface area (Å²) in [4.78, 5) is 32.1. The van der Waals surface area contributed by atoms with Gasteiger partial charge < -0.3 is 23.7 Å². The number of nitrogens with zero attached hydrogens (tertiary/aromatic N) is 2. The third kappa shape index (κ3) is 5.04. The van der Waals surface area contributed by atoms with Gasteiger partial charge >= 0.3 is 5.97 Å². The molecule has 1 aromatic heterocycles. The Labute approximate surface area is 224 Å². The number of thiazole rings is 1. The largest absolute Gasteiger partial charge is 0.497 e. The number of rotatable bonds is 9. The van der Waals surface area contributed by atoms with Crippen LogP contribution < -0.4 is 33.8 Å². The number of hydrogen-bond acceptors (Lipinski definition) is 9. The van der Waals surface area contributed by atoms with Gasteiger partial charge in [-0.2, -0.15) is 0 Å². The summed E-state index contributed by atoms with van der Waals surface area (Å²) >= 11 is 1.23. The van der Waals surface area contributed by atoms with E-state index in [9.17, 15) is 9.59 Å². The molecule has 0 radical (unpaired) electrons. The van der Waals surface area contributed by atoms with Gasteiger partial charge in [0.2, 0.25) is 0 Å². The second-order valence-electron chi connectivity index (χ2n) is 8.25. The molecule has 2 aromatic carbocycles. The van der Waals surface area contributed by atoms with Crippen LogP contribution in [0.1, 0.15) is 37.9 Å². The lowest BCUT2D eigenvalue weighted by Crippen LogP contribution is -2.40. The molecule has 1 aliphatic heterocycles. The van der Waals surface area contributed by atoms with Crippen LogP contribution in [0.25, 0.3) is 6.08 Å². The molecule has 0 amide bonds.